The number of carbonyl (C=O) groups is 1. The Morgan fingerprint density at radius 2 is 1.80 bits per heavy atom. The molecular weight excluding hydrogens is 418 g/mol. The number of piperidine rings is 1. The number of fused-ring (bicyclic) bond motifs is 1. The predicted molar refractivity (Wildman–Crippen MR) is 120 cm³/mol. The summed E-state index contributed by atoms with van der Waals surface area (Å²) in [6.07, 6.45) is 1.32. The van der Waals surface area contributed by atoms with Crippen molar-refractivity contribution in [1.82, 2.24) is 9.29 Å². The highest BCUT2D eigenvalue weighted by atomic mass is 32.2. The SMILES string of the molecule is Cc1ccc(S(=O)(=O)N2CCCC(C(=O)Nc3nc4c(C)ccc(C)c4s3)C2)cc1. The van der Waals surface area contributed by atoms with Crippen LogP contribution >= 0.6 is 11.3 Å². The van der Waals surface area contributed by atoms with Crippen molar-refractivity contribution in [3.63, 3.8) is 0 Å². The van der Waals surface area contributed by atoms with E-state index in [9.17, 15) is 13.2 Å². The average molecular weight is 444 g/mol. The van der Waals surface area contributed by atoms with Crippen molar-refractivity contribution in [2.24, 2.45) is 5.92 Å². The number of rotatable bonds is 4. The van der Waals surface area contributed by atoms with Crippen LogP contribution in [0.15, 0.2) is 41.3 Å². The van der Waals surface area contributed by atoms with Crippen LogP contribution in [-0.2, 0) is 14.8 Å². The quantitative estimate of drug-likeness (QED) is 0.653. The standard InChI is InChI=1S/C22H25N3O3S2/c1-14-6-10-18(11-7-14)30(27,28)25-12-4-5-17(13-25)21(26)24-22-23-19-15(2)8-9-16(3)20(19)29-22/h6-11,17H,4-5,12-13H2,1-3H3,(H,23,24,26). The molecule has 1 unspecified atom stereocenters. The number of amides is 1. The Balaban J connectivity index is 1.50. The molecule has 1 aromatic heterocycles. The molecule has 1 atom stereocenters. The van der Waals surface area contributed by atoms with E-state index in [-0.39, 0.29) is 17.3 Å². The number of nitrogens with zero attached hydrogens (tertiary/aromatic N) is 2. The van der Waals surface area contributed by atoms with Gasteiger partial charge in [-0.25, -0.2) is 13.4 Å². The van der Waals surface area contributed by atoms with Crippen molar-refractivity contribution in [1.29, 1.82) is 0 Å². The van der Waals surface area contributed by atoms with Gasteiger partial charge in [-0.2, -0.15) is 4.31 Å². The lowest BCUT2D eigenvalue weighted by Gasteiger charge is -2.31. The van der Waals surface area contributed by atoms with Crippen molar-refractivity contribution < 1.29 is 13.2 Å². The van der Waals surface area contributed by atoms with Crippen LogP contribution in [0.5, 0.6) is 0 Å². The third-order valence-electron chi connectivity index (χ3n) is 5.59. The average Bonchev–Trinajstić information content (AvgIpc) is 3.16. The number of nitrogens with one attached hydrogen (secondary N) is 1. The number of hydrogen-bond acceptors (Lipinski definition) is 5. The van der Waals surface area contributed by atoms with Crippen LogP contribution in [0.3, 0.4) is 0 Å². The molecule has 0 aliphatic carbocycles. The van der Waals surface area contributed by atoms with E-state index in [4.69, 9.17) is 0 Å². The molecule has 0 saturated carbocycles. The van der Waals surface area contributed by atoms with Crippen molar-refractivity contribution in [2.75, 3.05) is 18.4 Å². The molecule has 1 N–H and O–H groups in total. The zero-order valence-corrected chi connectivity index (χ0v) is 18.9. The molecule has 1 aliphatic rings. The van der Waals surface area contributed by atoms with Gasteiger partial charge in [0.2, 0.25) is 15.9 Å². The third kappa shape index (κ3) is 3.99. The number of carbonyl (C=O) groups excluding carboxylic acids is 1. The first-order valence-corrected chi connectivity index (χ1v) is 12.3. The van der Waals surface area contributed by atoms with Gasteiger partial charge in [-0.3, -0.25) is 4.79 Å². The summed E-state index contributed by atoms with van der Waals surface area (Å²) >= 11 is 1.46. The Morgan fingerprint density at radius 3 is 2.50 bits per heavy atom. The van der Waals surface area contributed by atoms with Gasteiger partial charge in [0.1, 0.15) is 0 Å². The zero-order valence-electron chi connectivity index (χ0n) is 17.3. The molecule has 158 valence electrons. The predicted octanol–water partition coefficient (Wildman–Crippen LogP) is 4.26. The molecule has 1 amide bonds. The maximum atomic E-state index is 13.0. The number of aryl methyl sites for hydroxylation is 3. The Labute approximate surface area is 181 Å². The van der Waals surface area contributed by atoms with Crippen LogP contribution in [0.4, 0.5) is 5.13 Å². The Morgan fingerprint density at radius 1 is 1.10 bits per heavy atom. The second-order valence-corrected chi connectivity index (χ2v) is 10.8. The van der Waals surface area contributed by atoms with E-state index in [1.807, 2.05) is 26.8 Å². The number of sulfonamides is 1. The Kier molecular flexibility index (Phi) is 5.65. The highest BCUT2D eigenvalue weighted by molar-refractivity contribution is 7.89. The fourth-order valence-electron chi connectivity index (χ4n) is 3.75. The van der Waals surface area contributed by atoms with E-state index in [1.54, 1.807) is 24.3 Å². The van der Waals surface area contributed by atoms with E-state index < -0.39 is 15.9 Å². The zero-order chi connectivity index (χ0) is 21.5. The van der Waals surface area contributed by atoms with Crippen LogP contribution < -0.4 is 5.32 Å². The van der Waals surface area contributed by atoms with Crippen molar-refractivity contribution in [3.05, 3.63) is 53.1 Å². The van der Waals surface area contributed by atoms with Crippen molar-refractivity contribution in [2.45, 2.75) is 38.5 Å². The monoisotopic (exact) mass is 443 g/mol. The highest BCUT2D eigenvalue weighted by Crippen LogP contribution is 2.32. The van der Waals surface area contributed by atoms with Crippen molar-refractivity contribution in [3.8, 4) is 0 Å². The molecule has 8 heteroatoms. The topological polar surface area (TPSA) is 79.4 Å². The first kappa shape index (κ1) is 21.0. The van der Waals surface area contributed by atoms with Gasteiger partial charge in [0.05, 0.1) is 21.0 Å². The summed E-state index contributed by atoms with van der Waals surface area (Å²) in [6, 6.07) is 10.9. The van der Waals surface area contributed by atoms with Crippen molar-refractivity contribution >= 4 is 42.6 Å². The number of benzene rings is 2. The van der Waals surface area contributed by atoms with Gasteiger partial charge >= 0.3 is 0 Å². The van der Waals surface area contributed by atoms with E-state index in [2.05, 4.69) is 16.4 Å². The third-order valence-corrected chi connectivity index (χ3v) is 8.57. The molecule has 1 aliphatic heterocycles. The van der Waals surface area contributed by atoms with Gasteiger partial charge in [-0.15, -0.1) is 0 Å². The van der Waals surface area contributed by atoms with Gasteiger partial charge < -0.3 is 5.32 Å². The highest BCUT2D eigenvalue weighted by Gasteiger charge is 2.33. The summed E-state index contributed by atoms with van der Waals surface area (Å²) in [5.41, 5.74) is 4.11. The van der Waals surface area contributed by atoms with E-state index in [0.29, 0.717) is 24.5 Å². The van der Waals surface area contributed by atoms with Crippen LogP contribution in [-0.4, -0.2) is 36.7 Å². The maximum Gasteiger partial charge on any atom is 0.243 e. The minimum atomic E-state index is -3.61. The van der Waals surface area contributed by atoms with E-state index in [0.717, 1.165) is 26.9 Å². The molecule has 0 radical (unpaired) electrons. The first-order chi connectivity index (χ1) is 14.3. The molecule has 1 fully saturated rings. The van der Waals surface area contributed by atoms with Gasteiger partial charge in [0.25, 0.3) is 0 Å². The maximum absolute atomic E-state index is 13.0. The van der Waals surface area contributed by atoms with Gasteiger partial charge in [0.15, 0.2) is 5.13 Å². The normalized spacial score (nSPS) is 17.9. The Bertz CT molecular complexity index is 1160. The van der Waals surface area contributed by atoms with Gasteiger partial charge in [-0.1, -0.05) is 41.2 Å². The fourth-order valence-corrected chi connectivity index (χ4v) is 6.29. The van der Waals surface area contributed by atoms with Crippen LogP contribution in [0, 0.1) is 26.7 Å². The first-order valence-electron chi connectivity index (χ1n) is 10.00. The molecule has 2 aromatic carbocycles. The second kappa shape index (κ2) is 8.09. The summed E-state index contributed by atoms with van der Waals surface area (Å²) in [4.78, 5) is 17.8. The Hall–Kier alpha value is -2.29. The molecule has 3 aromatic rings. The lowest BCUT2D eigenvalue weighted by Crippen LogP contribution is -2.43. The molecule has 4 rings (SSSR count). The summed E-state index contributed by atoms with van der Waals surface area (Å²) in [5.74, 6) is -0.568. The molecular formula is C22H25N3O3S2. The lowest BCUT2D eigenvalue weighted by atomic mass is 9.99. The van der Waals surface area contributed by atoms with Gasteiger partial charge in [0, 0.05) is 13.1 Å². The second-order valence-electron chi connectivity index (χ2n) is 7.90. The molecule has 2 heterocycles. The minimum absolute atomic E-state index is 0.173. The number of anilines is 1. The summed E-state index contributed by atoms with van der Waals surface area (Å²) in [5, 5.41) is 3.48. The van der Waals surface area contributed by atoms with E-state index in [1.165, 1.54) is 15.6 Å². The van der Waals surface area contributed by atoms with E-state index >= 15 is 0 Å². The summed E-state index contributed by atoms with van der Waals surface area (Å²) in [6.45, 7) is 6.57. The lowest BCUT2D eigenvalue weighted by molar-refractivity contribution is -0.120. The minimum Gasteiger partial charge on any atom is -0.302 e. The summed E-state index contributed by atoms with van der Waals surface area (Å²) in [7, 11) is -3.61. The largest absolute Gasteiger partial charge is 0.302 e. The molecule has 0 spiro atoms. The number of hydrogen-bond donors (Lipinski definition) is 1. The van der Waals surface area contributed by atoms with Crippen LogP contribution in [0.1, 0.15) is 29.5 Å². The molecule has 30 heavy (non-hydrogen) atoms. The number of aromatic nitrogens is 1. The fraction of sp³-hybridized carbons (Fsp3) is 0.364. The molecule has 1 saturated heterocycles. The summed E-state index contributed by atoms with van der Waals surface area (Å²) < 4.78 is 28.5. The van der Waals surface area contributed by atoms with Crippen LogP contribution in [0.2, 0.25) is 0 Å². The smallest absolute Gasteiger partial charge is 0.243 e. The van der Waals surface area contributed by atoms with Crippen LogP contribution in [0.25, 0.3) is 10.2 Å². The number of thiazole rings is 1. The molecule has 0 bridgehead atoms. The van der Waals surface area contributed by atoms with Gasteiger partial charge in [-0.05, 0) is 56.9 Å². The molecule has 6 nitrogen and oxygen atoms in total.